The Balaban J connectivity index is 0.000000306. The van der Waals surface area contributed by atoms with Crippen LogP contribution in [0.15, 0.2) is 115 Å². The van der Waals surface area contributed by atoms with Crippen molar-refractivity contribution in [2.45, 2.75) is 31.4 Å². The summed E-state index contributed by atoms with van der Waals surface area (Å²) >= 11 is 25.9. The molecule has 92 heavy (non-hydrogen) atoms. The molecule has 0 radical (unpaired) electrons. The molecule has 486 valence electrons. The average Bonchev–Trinajstić information content (AvgIpc) is 0.820. The van der Waals surface area contributed by atoms with Crippen LogP contribution in [0.25, 0.3) is 22.5 Å². The van der Waals surface area contributed by atoms with Gasteiger partial charge in [-0.2, -0.15) is 0 Å². The van der Waals surface area contributed by atoms with Crippen LogP contribution in [0.5, 0.6) is 34.5 Å². The summed E-state index contributed by atoms with van der Waals surface area (Å²) < 4.78 is 55.9. The number of nitrogen functional groups attached to an aromatic ring is 1. The standard InChI is InChI=1S/C27H27Cl2N7O5.C18H16Cl2N4O4S.C10H15N3O3.C4H9O.K/c1-35(2)10-11-41-16-7-8-18(20(12-16)36(37)38)33-23-13-19(31-15-32-23)17-6-5-9-30-27(17)34-26-24(28)21(39-3)14-22(40-4)25(26)29;1-27-12-8-13(28-2)16(20)17(15(12)19)24-18-10(5-4-6-21-18)11-7-14(23-9-22-11)29(3,25)26;1-12(2)5-6-16-8-3-4-9(11)10(7-8)13(14)15;1-4(2,3)5;/h5-9,12-15H,10-11H2,1-4H3,(H,30,34)(H,31,32,33);4-9H,1-3H3,(H,21,24);3-4,7H,5-6,11H2,1-2H3;1-3H3;/q;;;-1;+1. The number of nitrogens with two attached hydrogens (primary N) is 1. The van der Waals surface area contributed by atoms with Gasteiger partial charge < -0.3 is 65.0 Å². The van der Waals surface area contributed by atoms with Gasteiger partial charge in [-0.3, -0.25) is 20.2 Å². The number of methoxy groups -OCH3 is 4. The van der Waals surface area contributed by atoms with Crippen LogP contribution in [0.4, 0.5) is 51.6 Å². The van der Waals surface area contributed by atoms with Crippen molar-refractivity contribution < 1.29 is 103 Å². The number of ether oxygens (including phenoxy) is 6. The Kier molecular flexibility index (Phi) is 30.4. The molecule has 0 fully saturated rings. The third-order valence-corrected chi connectivity index (χ3v) is 14.2. The molecule has 0 unspecified atom stereocenters. The summed E-state index contributed by atoms with van der Waals surface area (Å²) in [6.45, 7) is 7.19. The molecule has 0 spiro atoms. The normalized spacial score (nSPS) is 10.8. The molecule has 0 aliphatic heterocycles. The second kappa shape index (κ2) is 36.3. The smallest absolute Gasteiger partial charge is 0.850 e. The van der Waals surface area contributed by atoms with Crippen molar-refractivity contribution >= 4 is 108 Å². The second-order valence-electron chi connectivity index (χ2n) is 20.4. The topological polar surface area (TPSA) is 345 Å². The average molecular weight is 1390 g/mol. The zero-order valence-electron chi connectivity index (χ0n) is 52.5. The third kappa shape index (κ3) is 23.1. The van der Waals surface area contributed by atoms with Crippen LogP contribution >= 0.6 is 46.4 Å². The van der Waals surface area contributed by atoms with Crippen LogP contribution in [0.3, 0.4) is 0 Å². The quantitative estimate of drug-likeness (QED) is 0.0153. The predicted molar refractivity (Wildman–Crippen MR) is 351 cm³/mol. The molecule has 4 heterocycles. The zero-order valence-corrected chi connectivity index (χ0v) is 59.5. The van der Waals surface area contributed by atoms with Gasteiger partial charge in [-0.1, -0.05) is 67.2 Å². The Labute approximate surface area is 594 Å². The van der Waals surface area contributed by atoms with E-state index in [0.29, 0.717) is 106 Å². The van der Waals surface area contributed by atoms with Crippen molar-refractivity contribution in [2.24, 2.45) is 0 Å². The zero-order chi connectivity index (χ0) is 67.3. The number of hydrogen-bond acceptors (Lipinski definition) is 25. The monoisotopic (exact) mass is 1390 g/mol. The summed E-state index contributed by atoms with van der Waals surface area (Å²) in [6.07, 6.45) is 6.74. The number of anilines is 7. The fourth-order valence-electron chi connectivity index (χ4n) is 7.37. The number of aromatic nitrogens is 6. The van der Waals surface area contributed by atoms with E-state index >= 15 is 0 Å². The molecule has 5 N–H and O–H groups in total. The van der Waals surface area contributed by atoms with Crippen molar-refractivity contribution in [1.29, 1.82) is 0 Å². The van der Waals surface area contributed by atoms with Gasteiger partial charge in [0.05, 0.1) is 73.2 Å². The van der Waals surface area contributed by atoms with Gasteiger partial charge in [0.2, 0.25) is 0 Å². The molecule has 33 heteroatoms. The number of rotatable bonds is 23. The molecule has 0 atom stereocenters. The van der Waals surface area contributed by atoms with Crippen LogP contribution in [0.1, 0.15) is 20.8 Å². The molecule has 27 nitrogen and oxygen atoms in total. The fourth-order valence-corrected chi connectivity index (χ4v) is 9.13. The molecular formula is C59H67Cl4KN14O13S. The minimum absolute atomic E-state index is 0. The van der Waals surface area contributed by atoms with Crippen LogP contribution in [-0.2, 0) is 9.84 Å². The van der Waals surface area contributed by atoms with E-state index in [1.807, 2.05) is 38.0 Å². The van der Waals surface area contributed by atoms with E-state index in [-0.39, 0.29) is 99.3 Å². The number of pyridine rings is 2. The number of halogens is 4. The summed E-state index contributed by atoms with van der Waals surface area (Å²) in [5, 5.41) is 42.6. The number of nitrogens with zero attached hydrogens (tertiary/aromatic N) is 10. The minimum Gasteiger partial charge on any atom is -0.850 e. The Morgan fingerprint density at radius 2 is 0.978 bits per heavy atom. The molecule has 0 saturated heterocycles. The summed E-state index contributed by atoms with van der Waals surface area (Å²) in [6, 6.07) is 22.2. The SMILES string of the molecule is CC(C)(C)[O-].CN(C)CCOc1ccc(N)c([N+](=O)[O-])c1.COc1cc(OC)c(Cl)c(Nc2ncccc2-c2cc(Nc3ccc(OCCN(C)C)cc3[N+](=O)[O-])ncn2)c1Cl.COc1cc(OC)c(Cl)c(Nc2ncccc2-c2cc(S(C)(=O)=O)ncn2)c1Cl.[K+]. The summed E-state index contributed by atoms with van der Waals surface area (Å²) in [5.41, 5.74) is 7.42. The molecule has 8 rings (SSSR count). The van der Waals surface area contributed by atoms with Crippen LogP contribution in [0.2, 0.25) is 20.1 Å². The van der Waals surface area contributed by atoms with Crippen LogP contribution in [-0.4, -0.2) is 153 Å². The maximum atomic E-state index is 11.8. The number of nitro benzene ring substituents is 2. The van der Waals surface area contributed by atoms with E-state index < -0.39 is 25.3 Å². The third-order valence-electron chi connectivity index (χ3n) is 11.7. The van der Waals surface area contributed by atoms with Gasteiger partial charge in [0.15, 0.2) is 14.9 Å². The van der Waals surface area contributed by atoms with Crippen LogP contribution in [0, 0.1) is 20.2 Å². The van der Waals surface area contributed by atoms with Gasteiger partial charge in [0.25, 0.3) is 11.4 Å². The molecule has 4 aromatic heterocycles. The van der Waals surface area contributed by atoms with Crippen molar-refractivity contribution in [3.63, 3.8) is 0 Å². The molecule has 0 aliphatic carbocycles. The molecule has 0 amide bonds. The van der Waals surface area contributed by atoms with Gasteiger partial charge >= 0.3 is 51.4 Å². The number of likely N-dealkylation sites (N-methyl/N-ethyl adjacent to an activating group) is 2. The molecule has 8 aromatic rings. The molecular weight excluding hydrogens is 1330 g/mol. The van der Waals surface area contributed by atoms with E-state index in [9.17, 15) is 33.8 Å². The van der Waals surface area contributed by atoms with E-state index in [0.717, 1.165) is 12.8 Å². The number of hydrogen-bond donors (Lipinski definition) is 4. The molecule has 0 bridgehead atoms. The Hall–Kier alpha value is -7.23. The van der Waals surface area contributed by atoms with Gasteiger partial charge in [0.1, 0.15) is 109 Å². The predicted octanol–water partition coefficient (Wildman–Crippen LogP) is 8.47. The Morgan fingerprint density at radius 1 is 0.576 bits per heavy atom. The Morgan fingerprint density at radius 3 is 1.38 bits per heavy atom. The summed E-state index contributed by atoms with van der Waals surface area (Å²) in [5.74, 6) is 3.35. The minimum atomic E-state index is -3.50. The first-order valence-corrected chi connectivity index (χ1v) is 30.2. The molecule has 4 aromatic carbocycles. The first kappa shape index (κ1) is 77.2. The van der Waals surface area contributed by atoms with Gasteiger partial charge in [-0.15, -0.1) is 5.60 Å². The maximum Gasteiger partial charge on any atom is 1.00 e. The largest absolute Gasteiger partial charge is 1.00 e. The van der Waals surface area contributed by atoms with E-state index in [1.54, 1.807) is 93.8 Å². The molecule has 0 aliphatic rings. The summed E-state index contributed by atoms with van der Waals surface area (Å²) in [4.78, 5) is 50.7. The van der Waals surface area contributed by atoms with E-state index in [4.69, 9.17) is 80.6 Å². The van der Waals surface area contributed by atoms with E-state index in [1.165, 1.54) is 65.4 Å². The Bertz CT molecular complexity index is 3870. The first-order chi connectivity index (χ1) is 43.0. The van der Waals surface area contributed by atoms with Crippen LogP contribution < -0.4 is 107 Å². The van der Waals surface area contributed by atoms with Crippen molar-refractivity contribution in [1.82, 2.24) is 39.7 Å². The number of nitrogens with one attached hydrogen (secondary N) is 3. The van der Waals surface area contributed by atoms with Crippen molar-refractivity contribution in [3.05, 3.63) is 150 Å². The second-order valence-corrected chi connectivity index (χ2v) is 23.8. The number of nitro groups is 2. The van der Waals surface area contributed by atoms with Gasteiger partial charge in [-0.25, -0.2) is 38.3 Å². The van der Waals surface area contributed by atoms with Gasteiger partial charge in [0, 0.05) is 67.1 Å². The number of sulfone groups is 1. The fraction of sp³-hybridized carbons (Fsp3) is 0.288. The maximum absolute atomic E-state index is 11.8. The molecule has 0 saturated carbocycles. The van der Waals surface area contributed by atoms with Gasteiger partial charge in [-0.05, 0) is 76.7 Å². The summed E-state index contributed by atoms with van der Waals surface area (Å²) in [7, 11) is 10.1. The number of benzene rings is 4. The van der Waals surface area contributed by atoms with Crippen molar-refractivity contribution in [2.75, 3.05) is 111 Å². The van der Waals surface area contributed by atoms with Crippen molar-refractivity contribution in [3.8, 4) is 57.0 Å². The van der Waals surface area contributed by atoms with E-state index in [2.05, 4.69) is 45.9 Å². The first-order valence-electron chi connectivity index (χ1n) is 26.8.